The van der Waals surface area contributed by atoms with Crippen molar-refractivity contribution in [2.75, 3.05) is 43.4 Å². The van der Waals surface area contributed by atoms with Crippen molar-refractivity contribution in [2.45, 2.75) is 96.2 Å². The molecule has 47 heavy (non-hydrogen) atoms. The second-order valence-electron chi connectivity index (χ2n) is 13.6. The van der Waals surface area contributed by atoms with Crippen LogP contribution in [0.3, 0.4) is 0 Å². The molecule has 0 unspecified atom stereocenters. The van der Waals surface area contributed by atoms with E-state index >= 15 is 4.39 Å². The van der Waals surface area contributed by atoms with Crippen LogP contribution in [-0.4, -0.2) is 89.0 Å². The number of likely N-dealkylation sites (N-methyl/N-ethyl adjacent to an activating group) is 1. The van der Waals surface area contributed by atoms with E-state index in [1.54, 1.807) is 41.8 Å². The first-order valence-corrected chi connectivity index (χ1v) is 17.3. The van der Waals surface area contributed by atoms with Gasteiger partial charge in [-0.2, -0.15) is 5.10 Å². The van der Waals surface area contributed by atoms with Crippen molar-refractivity contribution in [3.8, 4) is 0 Å². The number of anilines is 2. The summed E-state index contributed by atoms with van der Waals surface area (Å²) in [6.07, 6.45) is 10.5. The van der Waals surface area contributed by atoms with Crippen LogP contribution in [0.2, 0.25) is 0 Å². The normalized spacial score (nSPS) is 19.7. The maximum atomic E-state index is 15.8. The van der Waals surface area contributed by atoms with Gasteiger partial charge in [-0.3, -0.25) is 24.1 Å². The Morgan fingerprint density at radius 1 is 1.04 bits per heavy atom. The molecule has 2 N–H and O–H groups in total. The van der Waals surface area contributed by atoms with Crippen molar-refractivity contribution < 1.29 is 23.6 Å². The first-order valence-electron chi connectivity index (χ1n) is 17.3. The lowest BCUT2D eigenvalue weighted by atomic mass is 9.89. The van der Waals surface area contributed by atoms with Gasteiger partial charge in [0.15, 0.2) is 0 Å². The Hall–Kier alpha value is -3.80. The first kappa shape index (κ1) is 34.5. The summed E-state index contributed by atoms with van der Waals surface area (Å²) < 4.78 is 17.6. The molecule has 3 fully saturated rings. The zero-order valence-electron chi connectivity index (χ0n) is 28.0. The third kappa shape index (κ3) is 8.57. The summed E-state index contributed by atoms with van der Waals surface area (Å²) in [6, 6.07) is 4.60. The van der Waals surface area contributed by atoms with E-state index in [0.717, 1.165) is 64.5 Å². The van der Waals surface area contributed by atoms with Gasteiger partial charge < -0.3 is 20.4 Å². The average molecular weight is 652 g/mol. The van der Waals surface area contributed by atoms with Crippen LogP contribution in [0.4, 0.5) is 15.9 Å². The van der Waals surface area contributed by atoms with Crippen molar-refractivity contribution in [3.05, 3.63) is 41.8 Å². The largest absolute Gasteiger partial charge is 0.344 e. The van der Waals surface area contributed by atoms with E-state index in [4.69, 9.17) is 0 Å². The van der Waals surface area contributed by atoms with Crippen molar-refractivity contribution in [1.82, 2.24) is 24.9 Å². The molecule has 4 amide bonds. The highest BCUT2D eigenvalue weighted by Crippen LogP contribution is 2.35. The highest BCUT2D eigenvalue weighted by Gasteiger charge is 2.37. The van der Waals surface area contributed by atoms with Gasteiger partial charge in [0.25, 0.3) is 0 Å². The maximum Gasteiger partial charge on any atom is 0.247 e. The van der Waals surface area contributed by atoms with E-state index in [9.17, 15) is 19.2 Å². The molecule has 2 aliphatic carbocycles. The summed E-state index contributed by atoms with van der Waals surface area (Å²) in [5.41, 5.74) is 0.532. The number of hydrogen-bond donors (Lipinski definition) is 2. The van der Waals surface area contributed by atoms with Gasteiger partial charge in [-0.15, -0.1) is 0 Å². The quantitative estimate of drug-likeness (QED) is 0.248. The standard InChI is InChI=1S/C35H50FN7O4/c1-4-30(45)39-32(35(47)41-19-17-40(3)18-20-41)24(2)27-13-14-29(28(36)21-27)38-34(46)33(26-9-7-5-6-8-10-26)42(23-44)31-15-16-37-43(31)22-25-11-12-25/h13-16,21,23-26,32-33H,4-12,17-20,22H2,1-3H3,(H,38,46)(H,39,45)/t24-,32+,33-/m0/s1. The number of hydrogen-bond acceptors (Lipinski definition) is 6. The summed E-state index contributed by atoms with van der Waals surface area (Å²) in [4.78, 5) is 58.2. The molecule has 1 aliphatic heterocycles. The molecule has 0 spiro atoms. The summed E-state index contributed by atoms with van der Waals surface area (Å²) in [5.74, 6) is -1.04. The molecule has 0 bridgehead atoms. The van der Waals surface area contributed by atoms with E-state index in [1.165, 1.54) is 17.0 Å². The lowest BCUT2D eigenvalue weighted by Gasteiger charge is -2.36. The molecule has 3 aliphatic rings. The van der Waals surface area contributed by atoms with Crippen LogP contribution in [-0.2, 0) is 25.7 Å². The first-order chi connectivity index (χ1) is 22.7. The Balaban J connectivity index is 1.37. The lowest BCUT2D eigenvalue weighted by Crippen LogP contribution is -2.55. The number of halogens is 1. The lowest BCUT2D eigenvalue weighted by molar-refractivity contribution is -0.138. The van der Waals surface area contributed by atoms with Crippen molar-refractivity contribution in [1.29, 1.82) is 0 Å². The minimum absolute atomic E-state index is 0.00134. The second kappa shape index (κ2) is 15.9. The minimum atomic E-state index is -0.855. The molecule has 1 aromatic carbocycles. The van der Waals surface area contributed by atoms with Crippen molar-refractivity contribution in [2.24, 2.45) is 11.8 Å². The number of carbonyl (C=O) groups excluding carboxylic acids is 4. The van der Waals surface area contributed by atoms with Gasteiger partial charge in [0.2, 0.25) is 24.1 Å². The summed E-state index contributed by atoms with van der Waals surface area (Å²) in [6.45, 7) is 6.81. The van der Waals surface area contributed by atoms with E-state index in [2.05, 4.69) is 20.6 Å². The number of benzene rings is 1. The Morgan fingerprint density at radius 3 is 2.36 bits per heavy atom. The Morgan fingerprint density at radius 2 is 1.74 bits per heavy atom. The van der Waals surface area contributed by atoms with Crippen LogP contribution < -0.4 is 15.5 Å². The topological polar surface area (TPSA) is 120 Å². The molecule has 2 saturated carbocycles. The van der Waals surface area contributed by atoms with Gasteiger partial charge in [-0.1, -0.05) is 45.6 Å². The molecule has 256 valence electrons. The number of piperazine rings is 1. The summed E-state index contributed by atoms with van der Waals surface area (Å²) in [5, 5.41) is 10.1. The number of aromatic nitrogens is 2. The van der Waals surface area contributed by atoms with Gasteiger partial charge in [-0.25, -0.2) is 9.07 Å². The van der Waals surface area contributed by atoms with E-state index in [0.29, 0.717) is 43.3 Å². The molecule has 2 aromatic rings. The minimum Gasteiger partial charge on any atom is -0.344 e. The third-order valence-corrected chi connectivity index (χ3v) is 10.1. The van der Waals surface area contributed by atoms with Gasteiger partial charge in [0, 0.05) is 51.1 Å². The monoisotopic (exact) mass is 651 g/mol. The molecule has 12 heteroatoms. The molecule has 11 nitrogen and oxygen atoms in total. The Labute approximate surface area is 277 Å². The number of nitrogens with zero attached hydrogens (tertiary/aromatic N) is 5. The molecule has 1 saturated heterocycles. The second-order valence-corrected chi connectivity index (χ2v) is 13.6. The number of carbonyl (C=O) groups is 4. The summed E-state index contributed by atoms with van der Waals surface area (Å²) >= 11 is 0. The van der Waals surface area contributed by atoms with E-state index in [1.807, 2.05) is 7.05 Å². The van der Waals surface area contributed by atoms with Crippen LogP contribution in [0.25, 0.3) is 0 Å². The third-order valence-electron chi connectivity index (χ3n) is 10.1. The molecular formula is C35H50FN7O4. The van der Waals surface area contributed by atoms with Gasteiger partial charge in [-0.05, 0) is 62.3 Å². The zero-order chi connectivity index (χ0) is 33.5. The highest BCUT2D eigenvalue weighted by molar-refractivity contribution is 6.00. The van der Waals surface area contributed by atoms with Crippen LogP contribution in [0.5, 0.6) is 0 Å². The molecule has 0 radical (unpaired) electrons. The molecule has 3 atom stereocenters. The number of rotatable bonds is 13. The molecule has 2 heterocycles. The van der Waals surface area contributed by atoms with Crippen LogP contribution in [0, 0.1) is 17.7 Å². The SMILES string of the molecule is CCC(=O)N[C@@H](C(=O)N1CCN(C)CC1)[C@@H](C)c1ccc(NC(=O)[C@H](C2CCCCCC2)N(C=O)c2ccnn2CC2CC2)c(F)c1. The predicted octanol–water partition coefficient (Wildman–Crippen LogP) is 4.15. The molecule has 5 rings (SSSR count). The van der Waals surface area contributed by atoms with Crippen LogP contribution >= 0.6 is 0 Å². The van der Waals surface area contributed by atoms with E-state index < -0.39 is 29.7 Å². The fourth-order valence-corrected chi connectivity index (χ4v) is 6.90. The van der Waals surface area contributed by atoms with Crippen LogP contribution in [0.1, 0.15) is 83.1 Å². The number of amides is 4. The van der Waals surface area contributed by atoms with Crippen LogP contribution in [0.15, 0.2) is 30.5 Å². The maximum absolute atomic E-state index is 15.8. The highest BCUT2D eigenvalue weighted by atomic mass is 19.1. The van der Waals surface area contributed by atoms with E-state index in [-0.39, 0.29) is 29.8 Å². The van der Waals surface area contributed by atoms with Gasteiger partial charge >= 0.3 is 0 Å². The predicted molar refractivity (Wildman–Crippen MR) is 178 cm³/mol. The zero-order valence-corrected chi connectivity index (χ0v) is 28.0. The smallest absolute Gasteiger partial charge is 0.247 e. The van der Waals surface area contributed by atoms with Crippen molar-refractivity contribution in [3.63, 3.8) is 0 Å². The van der Waals surface area contributed by atoms with Gasteiger partial charge in [0.05, 0.1) is 11.9 Å². The Bertz CT molecular complexity index is 1400. The molecular weight excluding hydrogens is 601 g/mol. The molecule has 1 aromatic heterocycles. The fraction of sp³-hybridized carbons (Fsp3) is 0.629. The Kier molecular flexibility index (Phi) is 11.7. The van der Waals surface area contributed by atoms with Crippen molar-refractivity contribution >= 4 is 35.6 Å². The number of nitrogens with one attached hydrogen (secondary N) is 2. The summed E-state index contributed by atoms with van der Waals surface area (Å²) in [7, 11) is 2.00. The average Bonchev–Trinajstić information content (AvgIpc) is 3.84. The van der Waals surface area contributed by atoms with Gasteiger partial charge in [0.1, 0.15) is 23.7 Å². The fourth-order valence-electron chi connectivity index (χ4n) is 6.90.